The molecule has 2 aromatic rings. The van der Waals surface area contributed by atoms with Gasteiger partial charge in [-0.3, -0.25) is 9.48 Å². The van der Waals surface area contributed by atoms with Crippen molar-refractivity contribution in [1.82, 2.24) is 15.1 Å². The van der Waals surface area contributed by atoms with Gasteiger partial charge >= 0.3 is 0 Å². The molecule has 0 atom stereocenters. The van der Waals surface area contributed by atoms with Gasteiger partial charge in [0.25, 0.3) is 5.91 Å². The standard InChI is InChI=1S/C14H15FN4OS/c1-21-11-4-2-3-10(15)13(11)14(20)17-12-7-9-8-16-5-6-19(9)18-12/h2-4,7,16H,5-6,8H2,1H3,(H,17,18,20). The number of hydrogen-bond donors (Lipinski definition) is 2. The Morgan fingerprint density at radius 1 is 1.52 bits per heavy atom. The number of nitrogens with one attached hydrogen (secondary N) is 2. The highest BCUT2D eigenvalue weighted by molar-refractivity contribution is 7.98. The number of halogens is 1. The average molecular weight is 306 g/mol. The maximum atomic E-state index is 13.9. The van der Waals surface area contributed by atoms with Crippen molar-refractivity contribution in [2.75, 3.05) is 18.1 Å². The quantitative estimate of drug-likeness (QED) is 0.853. The molecule has 1 aromatic carbocycles. The fourth-order valence-corrected chi connectivity index (χ4v) is 2.94. The van der Waals surface area contributed by atoms with Gasteiger partial charge in [-0.05, 0) is 18.4 Å². The Morgan fingerprint density at radius 2 is 2.38 bits per heavy atom. The molecule has 0 aliphatic carbocycles. The lowest BCUT2D eigenvalue weighted by Crippen LogP contribution is -2.28. The van der Waals surface area contributed by atoms with Crippen molar-refractivity contribution in [2.45, 2.75) is 18.0 Å². The molecule has 110 valence electrons. The van der Waals surface area contributed by atoms with Crippen molar-refractivity contribution >= 4 is 23.5 Å². The first-order valence-electron chi connectivity index (χ1n) is 6.60. The number of anilines is 1. The summed E-state index contributed by atoms with van der Waals surface area (Å²) in [6.07, 6.45) is 1.81. The predicted molar refractivity (Wildman–Crippen MR) is 80.1 cm³/mol. The Balaban J connectivity index is 1.85. The Morgan fingerprint density at radius 3 is 3.14 bits per heavy atom. The fourth-order valence-electron chi connectivity index (χ4n) is 2.33. The zero-order valence-electron chi connectivity index (χ0n) is 11.5. The van der Waals surface area contributed by atoms with Crippen LogP contribution < -0.4 is 10.6 Å². The van der Waals surface area contributed by atoms with Gasteiger partial charge < -0.3 is 10.6 Å². The summed E-state index contributed by atoms with van der Waals surface area (Å²) in [6.45, 7) is 2.34. The third-order valence-corrected chi connectivity index (χ3v) is 4.11. The maximum absolute atomic E-state index is 13.9. The van der Waals surface area contributed by atoms with E-state index in [1.165, 1.54) is 17.8 Å². The van der Waals surface area contributed by atoms with E-state index in [0.717, 1.165) is 25.3 Å². The third kappa shape index (κ3) is 2.79. The maximum Gasteiger partial charge on any atom is 0.260 e. The number of amides is 1. The summed E-state index contributed by atoms with van der Waals surface area (Å²) < 4.78 is 15.8. The van der Waals surface area contributed by atoms with Gasteiger partial charge in [0.15, 0.2) is 5.82 Å². The zero-order valence-corrected chi connectivity index (χ0v) is 12.3. The Labute approximate surface area is 125 Å². The van der Waals surface area contributed by atoms with E-state index in [1.54, 1.807) is 12.1 Å². The topological polar surface area (TPSA) is 59.0 Å². The number of nitrogens with zero attached hydrogens (tertiary/aromatic N) is 2. The van der Waals surface area contributed by atoms with Gasteiger partial charge in [-0.1, -0.05) is 6.07 Å². The van der Waals surface area contributed by atoms with Crippen molar-refractivity contribution in [3.8, 4) is 0 Å². The summed E-state index contributed by atoms with van der Waals surface area (Å²) in [5.74, 6) is -0.542. The van der Waals surface area contributed by atoms with Crippen LogP contribution >= 0.6 is 11.8 Å². The molecular formula is C14H15FN4OS. The van der Waals surface area contributed by atoms with Crippen LogP contribution in [0.5, 0.6) is 0 Å². The molecule has 0 fully saturated rings. The normalized spacial score (nSPS) is 13.8. The second kappa shape index (κ2) is 5.87. The van der Waals surface area contributed by atoms with Crippen LogP contribution in [0.4, 0.5) is 10.2 Å². The molecule has 7 heteroatoms. The number of hydrogen-bond acceptors (Lipinski definition) is 4. The molecular weight excluding hydrogens is 291 g/mol. The van der Waals surface area contributed by atoms with Crippen LogP contribution in [0.25, 0.3) is 0 Å². The predicted octanol–water partition coefficient (Wildman–Crippen LogP) is 2.10. The summed E-state index contributed by atoms with van der Waals surface area (Å²) >= 11 is 1.34. The first kappa shape index (κ1) is 14.1. The lowest BCUT2D eigenvalue weighted by Gasteiger charge is -2.13. The van der Waals surface area contributed by atoms with E-state index in [2.05, 4.69) is 15.7 Å². The minimum atomic E-state index is -0.523. The SMILES string of the molecule is CSc1cccc(F)c1C(=O)Nc1cc2n(n1)CCNC2. The fraction of sp³-hybridized carbons (Fsp3) is 0.286. The number of carbonyl (C=O) groups is 1. The van der Waals surface area contributed by atoms with Gasteiger partial charge in [0.05, 0.1) is 17.8 Å². The molecule has 3 rings (SSSR count). The smallest absolute Gasteiger partial charge is 0.260 e. The number of rotatable bonds is 3. The van der Waals surface area contributed by atoms with Crippen molar-refractivity contribution in [3.05, 3.63) is 41.3 Å². The minimum Gasteiger partial charge on any atom is -0.309 e. The van der Waals surface area contributed by atoms with E-state index in [1.807, 2.05) is 17.0 Å². The van der Waals surface area contributed by atoms with Crippen LogP contribution in [0.15, 0.2) is 29.2 Å². The van der Waals surface area contributed by atoms with Crippen molar-refractivity contribution in [3.63, 3.8) is 0 Å². The molecule has 5 nitrogen and oxygen atoms in total. The van der Waals surface area contributed by atoms with E-state index >= 15 is 0 Å². The van der Waals surface area contributed by atoms with E-state index in [9.17, 15) is 9.18 Å². The molecule has 2 heterocycles. The molecule has 0 saturated carbocycles. The van der Waals surface area contributed by atoms with Crippen LogP contribution in [0.3, 0.4) is 0 Å². The Kier molecular flexibility index (Phi) is 3.94. The lowest BCUT2D eigenvalue weighted by atomic mass is 10.2. The van der Waals surface area contributed by atoms with Crippen LogP contribution in [0.2, 0.25) is 0 Å². The Hall–Kier alpha value is -1.86. The molecule has 2 N–H and O–H groups in total. The second-order valence-corrected chi connectivity index (χ2v) is 5.54. The second-order valence-electron chi connectivity index (χ2n) is 4.69. The number of thioether (sulfide) groups is 1. The molecule has 1 aliphatic heterocycles. The van der Waals surface area contributed by atoms with Gasteiger partial charge in [0.2, 0.25) is 0 Å². The molecule has 1 amide bonds. The van der Waals surface area contributed by atoms with E-state index in [0.29, 0.717) is 10.7 Å². The van der Waals surface area contributed by atoms with Gasteiger partial charge in [-0.25, -0.2) is 4.39 Å². The summed E-state index contributed by atoms with van der Waals surface area (Å²) in [5.41, 5.74) is 1.07. The first-order chi connectivity index (χ1) is 10.2. The lowest BCUT2D eigenvalue weighted by molar-refractivity contribution is 0.101. The minimum absolute atomic E-state index is 0.0640. The highest BCUT2D eigenvalue weighted by Crippen LogP contribution is 2.24. The van der Waals surface area contributed by atoms with Gasteiger partial charge in [-0.15, -0.1) is 11.8 Å². The van der Waals surface area contributed by atoms with Gasteiger partial charge in [0, 0.05) is 24.1 Å². The summed E-state index contributed by atoms with van der Waals surface area (Å²) in [7, 11) is 0. The van der Waals surface area contributed by atoms with E-state index < -0.39 is 11.7 Å². The van der Waals surface area contributed by atoms with Crippen LogP contribution in [0, 0.1) is 5.82 Å². The third-order valence-electron chi connectivity index (χ3n) is 3.33. The molecule has 0 spiro atoms. The van der Waals surface area contributed by atoms with Crippen LogP contribution in [-0.2, 0) is 13.1 Å². The molecule has 0 bridgehead atoms. The number of fused-ring (bicyclic) bond motifs is 1. The highest BCUT2D eigenvalue weighted by Gasteiger charge is 2.19. The summed E-state index contributed by atoms with van der Waals surface area (Å²) in [4.78, 5) is 12.9. The largest absolute Gasteiger partial charge is 0.309 e. The highest BCUT2D eigenvalue weighted by atomic mass is 32.2. The number of benzene rings is 1. The number of carbonyl (C=O) groups excluding carboxylic acids is 1. The van der Waals surface area contributed by atoms with Crippen LogP contribution in [0.1, 0.15) is 16.1 Å². The first-order valence-corrected chi connectivity index (χ1v) is 7.83. The zero-order chi connectivity index (χ0) is 14.8. The van der Waals surface area contributed by atoms with E-state index in [4.69, 9.17) is 0 Å². The Bertz CT molecular complexity index is 662. The van der Waals surface area contributed by atoms with Gasteiger partial charge in [-0.2, -0.15) is 5.10 Å². The average Bonchev–Trinajstić information content (AvgIpc) is 2.88. The monoisotopic (exact) mass is 306 g/mol. The number of aromatic nitrogens is 2. The molecule has 1 aliphatic rings. The van der Waals surface area contributed by atoms with Crippen molar-refractivity contribution in [2.24, 2.45) is 0 Å². The van der Waals surface area contributed by atoms with E-state index in [-0.39, 0.29) is 5.56 Å². The summed E-state index contributed by atoms with van der Waals surface area (Å²) in [5, 5.41) is 10.2. The summed E-state index contributed by atoms with van der Waals surface area (Å²) in [6, 6.07) is 6.42. The van der Waals surface area contributed by atoms with Crippen molar-refractivity contribution in [1.29, 1.82) is 0 Å². The molecule has 1 aromatic heterocycles. The van der Waals surface area contributed by atoms with Crippen LogP contribution in [-0.4, -0.2) is 28.5 Å². The molecule has 0 unspecified atom stereocenters. The molecule has 0 radical (unpaired) electrons. The molecule has 21 heavy (non-hydrogen) atoms. The van der Waals surface area contributed by atoms with Crippen molar-refractivity contribution < 1.29 is 9.18 Å². The van der Waals surface area contributed by atoms with Gasteiger partial charge in [0.1, 0.15) is 5.82 Å². The molecule has 0 saturated heterocycles.